The maximum Gasteiger partial charge on any atom is 0.333 e. The molecule has 0 amide bonds. The normalized spacial score (nSPS) is 13.4. The van der Waals surface area contributed by atoms with Crippen LogP contribution in [0.1, 0.15) is 90.1 Å². The zero-order chi connectivity index (χ0) is 45.1. The molecule has 2 nitrogen and oxygen atoms in total. The Bertz CT molecular complexity index is 3660. The van der Waals surface area contributed by atoms with Crippen LogP contribution in [0.5, 0.6) is 0 Å². The quantitative estimate of drug-likeness (QED) is 0.157. The first-order chi connectivity index (χ1) is 31.0. The van der Waals surface area contributed by atoms with Crippen molar-refractivity contribution in [2.45, 2.75) is 92.4 Å². The average Bonchev–Trinajstić information content (AvgIpc) is 3.78. The third-order valence-electron chi connectivity index (χ3n) is 15.0. The van der Waals surface area contributed by atoms with Crippen LogP contribution in [-0.4, -0.2) is 15.9 Å². The Morgan fingerprint density at radius 1 is 0.385 bits per heavy atom. The molecule has 3 heteroatoms. The molecule has 0 N–H and O–H groups in total. The standard InChI is InChI=1S/C62H57BN2/c1-36-16-12-14-18-45(36)39-22-26-54-47(28-39)50-30-41(46-19-15-13-17-37(46)2)31-53-59(50)64(54)56-32-40(38-20-23-42(24-21-38)60(3,4)5)29-49-52-35-44(62(9,10)11)34-51-48-33-43(61(6,7)8)25-27-55(48)65(58(51)52)63(53)57(49)56/h12-35H,1-11H3. The molecule has 0 radical (unpaired) electrons. The van der Waals surface area contributed by atoms with Gasteiger partial charge in [-0.1, -0.05) is 153 Å². The molecule has 2 aliphatic rings. The van der Waals surface area contributed by atoms with Crippen LogP contribution in [0.4, 0.5) is 0 Å². The van der Waals surface area contributed by atoms with Gasteiger partial charge in [-0.15, -0.1) is 0 Å². The molecule has 2 aromatic heterocycles. The summed E-state index contributed by atoms with van der Waals surface area (Å²) in [5.74, 6) is 0. The predicted octanol–water partition coefficient (Wildman–Crippen LogP) is 15.3. The van der Waals surface area contributed by atoms with E-state index in [0.29, 0.717) is 0 Å². The number of rotatable bonds is 3. The van der Waals surface area contributed by atoms with Crippen LogP contribution in [0.2, 0.25) is 0 Å². The summed E-state index contributed by atoms with van der Waals surface area (Å²) in [6.45, 7) is 25.5. The van der Waals surface area contributed by atoms with Crippen molar-refractivity contribution in [1.29, 1.82) is 0 Å². The van der Waals surface area contributed by atoms with Crippen molar-refractivity contribution in [2.24, 2.45) is 0 Å². The highest BCUT2D eigenvalue weighted by molar-refractivity contribution is 6.90. The monoisotopic (exact) mass is 840 g/mol. The lowest BCUT2D eigenvalue weighted by Gasteiger charge is -2.35. The van der Waals surface area contributed by atoms with Crippen molar-refractivity contribution < 1.29 is 0 Å². The summed E-state index contributed by atoms with van der Waals surface area (Å²) in [4.78, 5) is 0. The Labute approximate surface area is 384 Å². The second-order valence-electron chi connectivity index (χ2n) is 22.4. The summed E-state index contributed by atoms with van der Waals surface area (Å²) in [5, 5.41) is 5.28. The Hall–Kier alpha value is -6.58. The molecule has 8 aromatic carbocycles. The molecule has 318 valence electrons. The van der Waals surface area contributed by atoms with Gasteiger partial charge in [0.1, 0.15) is 0 Å². The maximum atomic E-state index is 2.75. The molecule has 10 aromatic rings. The predicted molar refractivity (Wildman–Crippen MR) is 282 cm³/mol. The molecule has 4 heterocycles. The summed E-state index contributed by atoms with van der Waals surface area (Å²) in [5.41, 5.74) is 26.1. The number of fused-ring (bicyclic) bond motifs is 10. The van der Waals surface area contributed by atoms with Gasteiger partial charge >= 0.3 is 6.85 Å². The third-order valence-corrected chi connectivity index (χ3v) is 15.0. The zero-order valence-electron chi connectivity index (χ0n) is 39.8. The van der Waals surface area contributed by atoms with E-state index in [1.54, 1.807) is 0 Å². The number of hydrogen-bond acceptors (Lipinski definition) is 0. The Balaban J connectivity index is 1.28. The minimum atomic E-state index is -0.0510. The van der Waals surface area contributed by atoms with E-state index in [-0.39, 0.29) is 23.1 Å². The van der Waals surface area contributed by atoms with Crippen molar-refractivity contribution in [1.82, 2.24) is 9.05 Å². The SMILES string of the molecule is Cc1ccccc1-c1ccc2c(c1)c1cc(-c3ccccc3C)cc3c1n2-c1cc(-c2ccc(C(C)(C)C)cc2)cc2c1B3n1c3ccc(C(C)(C)C)cc3c3cc(C(C)(C)C)cc-2c31. The number of aryl methyl sites for hydroxylation is 2. The van der Waals surface area contributed by atoms with E-state index < -0.39 is 0 Å². The molecule has 0 aliphatic carbocycles. The Morgan fingerprint density at radius 2 is 0.938 bits per heavy atom. The molecular formula is C62H57BN2. The van der Waals surface area contributed by atoms with Crippen molar-refractivity contribution in [3.05, 3.63) is 173 Å². The zero-order valence-corrected chi connectivity index (χ0v) is 39.8. The Morgan fingerprint density at radius 3 is 1.60 bits per heavy atom. The first-order valence-corrected chi connectivity index (χ1v) is 23.6. The molecule has 0 bridgehead atoms. The third kappa shape index (κ3) is 5.87. The van der Waals surface area contributed by atoms with E-state index in [0.717, 1.165) is 0 Å². The molecule has 12 rings (SSSR count). The number of hydrogen-bond donors (Lipinski definition) is 0. The van der Waals surface area contributed by atoms with Gasteiger partial charge in [0.15, 0.2) is 0 Å². The van der Waals surface area contributed by atoms with E-state index in [4.69, 9.17) is 0 Å². The fourth-order valence-corrected chi connectivity index (χ4v) is 11.4. The summed E-state index contributed by atoms with van der Waals surface area (Å²) < 4.78 is 5.39. The summed E-state index contributed by atoms with van der Waals surface area (Å²) in [6, 6.07) is 56.8. The van der Waals surface area contributed by atoms with E-state index in [9.17, 15) is 0 Å². The van der Waals surface area contributed by atoms with E-state index in [1.807, 2.05) is 0 Å². The molecule has 0 saturated heterocycles. The lowest BCUT2D eigenvalue weighted by atomic mass is 9.45. The minimum Gasteiger partial charge on any atom is -0.375 e. The fraction of sp³-hybridized carbons (Fsp3) is 0.226. The molecule has 0 spiro atoms. The van der Waals surface area contributed by atoms with Crippen LogP contribution in [-0.2, 0) is 16.2 Å². The van der Waals surface area contributed by atoms with Gasteiger partial charge in [-0.05, 0) is 162 Å². The summed E-state index contributed by atoms with van der Waals surface area (Å²) in [6.07, 6.45) is 0. The lowest BCUT2D eigenvalue weighted by molar-refractivity contribution is 0.590. The van der Waals surface area contributed by atoms with E-state index in [1.165, 1.54) is 133 Å². The molecular weight excluding hydrogens is 784 g/mol. The van der Waals surface area contributed by atoms with Crippen molar-refractivity contribution in [3.63, 3.8) is 0 Å². The van der Waals surface area contributed by atoms with Gasteiger partial charge in [-0.3, -0.25) is 0 Å². The van der Waals surface area contributed by atoms with Crippen LogP contribution < -0.4 is 10.9 Å². The highest BCUT2D eigenvalue weighted by atomic mass is 15.0. The maximum absolute atomic E-state index is 2.75. The van der Waals surface area contributed by atoms with Crippen molar-refractivity contribution in [2.75, 3.05) is 0 Å². The van der Waals surface area contributed by atoms with Gasteiger partial charge in [-0.25, -0.2) is 0 Å². The molecule has 0 saturated carbocycles. The number of nitrogens with zero attached hydrogens (tertiary/aromatic N) is 2. The smallest absolute Gasteiger partial charge is 0.333 e. The van der Waals surface area contributed by atoms with Crippen molar-refractivity contribution in [3.8, 4) is 50.2 Å². The highest BCUT2D eigenvalue weighted by Crippen LogP contribution is 2.48. The van der Waals surface area contributed by atoms with Gasteiger partial charge in [0, 0.05) is 43.8 Å². The van der Waals surface area contributed by atoms with E-state index in [2.05, 4.69) is 231 Å². The van der Waals surface area contributed by atoms with Gasteiger partial charge < -0.3 is 9.05 Å². The largest absolute Gasteiger partial charge is 0.375 e. The molecule has 0 unspecified atom stereocenters. The number of aromatic nitrogens is 2. The number of benzene rings is 8. The summed E-state index contributed by atoms with van der Waals surface area (Å²) in [7, 11) is 0. The first-order valence-electron chi connectivity index (χ1n) is 23.6. The van der Waals surface area contributed by atoms with Crippen LogP contribution in [0.3, 0.4) is 0 Å². The second kappa shape index (κ2) is 13.5. The Kier molecular flexibility index (Phi) is 8.29. The minimum absolute atomic E-state index is 0.0117. The molecule has 0 atom stereocenters. The lowest BCUT2D eigenvalue weighted by Crippen LogP contribution is -2.55. The van der Waals surface area contributed by atoms with Gasteiger partial charge in [0.2, 0.25) is 0 Å². The van der Waals surface area contributed by atoms with E-state index >= 15 is 0 Å². The first kappa shape index (κ1) is 40.0. The fourth-order valence-electron chi connectivity index (χ4n) is 11.4. The van der Waals surface area contributed by atoms with Crippen LogP contribution in [0.25, 0.3) is 93.8 Å². The topological polar surface area (TPSA) is 9.86 Å². The van der Waals surface area contributed by atoms with Gasteiger partial charge in [0.05, 0.1) is 11.0 Å². The molecule has 2 aliphatic heterocycles. The van der Waals surface area contributed by atoms with Gasteiger partial charge in [-0.2, -0.15) is 0 Å². The summed E-state index contributed by atoms with van der Waals surface area (Å²) >= 11 is 0. The molecule has 65 heavy (non-hydrogen) atoms. The van der Waals surface area contributed by atoms with Crippen molar-refractivity contribution >= 4 is 61.4 Å². The van der Waals surface area contributed by atoms with Crippen LogP contribution in [0, 0.1) is 13.8 Å². The highest BCUT2D eigenvalue weighted by Gasteiger charge is 2.43. The van der Waals surface area contributed by atoms with Crippen LogP contribution >= 0.6 is 0 Å². The van der Waals surface area contributed by atoms with Gasteiger partial charge in [0.25, 0.3) is 0 Å². The molecule has 0 fully saturated rings. The average molecular weight is 841 g/mol. The van der Waals surface area contributed by atoms with Crippen LogP contribution in [0.15, 0.2) is 146 Å². The second-order valence-corrected chi connectivity index (χ2v) is 22.4.